The van der Waals surface area contributed by atoms with Crippen molar-refractivity contribution in [1.82, 2.24) is 5.32 Å². The quantitative estimate of drug-likeness (QED) is 0.316. The van der Waals surface area contributed by atoms with Crippen LogP contribution in [0.1, 0.15) is 50.4 Å². The average molecular weight is 469 g/mol. The van der Waals surface area contributed by atoms with E-state index in [4.69, 9.17) is 18.1 Å². The van der Waals surface area contributed by atoms with E-state index in [-0.39, 0.29) is 26.4 Å². The average Bonchev–Trinajstić information content (AvgIpc) is 2.76. The van der Waals surface area contributed by atoms with Crippen molar-refractivity contribution in [3.63, 3.8) is 0 Å². The first kappa shape index (κ1) is 26.0. The highest BCUT2D eigenvalue weighted by Gasteiger charge is 2.44. The summed E-state index contributed by atoms with van der Waals surface area (Å²) in [5.41, 5.74) is 1.38. The van der Waals surface area contributed by atoms with Gasteiger partial charge >= 0.3 is 15.2 Å². The number of nitrogens with one attached hydrogen (secondary N) is 1. The first-order valence-electron chi connectivity index (χ1n) is 10.6. The molecule has 0 spiro atoms. The van der Waals surface area contributed by atoms with Gasteiger partial charge in [-0.1, -0.05) is 60.7 Å². The Balaban J connectivity index is 2.61. The van der Waals surface area contributed by atoms with Crippen molar-refractivity contribution in [2.24, 2.45) is 0 Å². The van der Waals surface area contributed by atoms with E-state index in [0.29, 0.717) is 11.1 Å². The molecule has 31 heavy (non-hydrogen) atoms. The summed E-state index contributed by atoms with van der Waals surface area (Å²) < 4.78 is 50.3. The second-order valence-corrected chi connectivity index (χ2v) is 10.8. The minimum Gasteiger partial charge on any atom is -0.308 e. The molecule has 2 aromatic rings. The molecule has 0 bridgehead atoms. The summed E-state index contributed by atoms with van der Waals surface area (Å²) in [7, 11) is -7.35. The largest absolute Gasteiger partial charge is 0.351 e. The molecule has 2 aromatic carbocycles. The van der Waals surface area contributed by atoms with E-state index >= 15 is 0 Å². The van der Waals surface area contributed by atoms with Crippen LogP contribution in [0.2, 0.25) is 0 Å². The molecule has 0 aromatic heterocycles. The standard InChI is InChI=1S/C22H33NO6P2/c1-5-26-30(24,27-6-2)21(19-15-11-9-12-16-19)23-22(20-17-13-10-14-18-20)31(25,28-7-3)29-8-4/h9-18,21-23H,5-8H2,1-4H3/t21-,22?/m1/s1. The predicted molar refractivity (Wildman–Crippen MR) is 123 cm³/mol. The van der Waals surface area contributed by atoms with Gasteiger partial charge in [0.25, 0.3) is 0 Å². The molecule has 2 atom stereocenters. The van der Waals surface area contributed by atoms with Gasteiger partial charge in [-0.3, -0.25) is 14.4 Å². The molecule has 172 valence electrons. The zero-order valence-corrected chi connectivity index (χ0v) is 20.4. The zero-order valence-electron chi connectivity index (χ0n) is 18.6. The van der Waals surface area contributed by atoms with Gasteiger partial charge in [0, 0.05) is 0 Å². The molecule has 0 saturated carbocycles. The van der Waals surface area contributed by atoms with Gasteiger partial charge in [0.15, 0.2) is 0 Å². The Labute approximate surface area is 185 Å². The molecule has 0 heterocycles. The fraction of sp³-hybridized carbons (Fsp3) is 0.455. The van der Waals surface area contributed by atoms with E-state index in [0.717, 1.165) is 0 Å². The topological polar surface area (TPSA) is 83.1 Å². The normalized spacial score (nSPS) is 14.3. The molecule has 0 aliphatic carbocycles. The van der Waals surface area contributed by atoms with Crippen LogP contribution in [0, 0.1) is 0 Å². The van der Waals surface area contributed by atoms with Crippen LogP contribution in [0.25, 0.3) is 0 Å². The van der Waals surface area contributed by atoms with Gasteiger partial charge in [0.2, 0.25) is 0 Å². The SMILES string of the molecule is CCOP(=O)(OCC)C(N[C@@H](c1ccccc1)P(=O)(OCC)OCC)c1ccccc1. The Bertz CT molecular complexity index is 773. The lowest BCUT2D eigenvalue weighted by Crippen LogP contribution is -2.29. The summed E-state index contributed by atoms with van der Waals surface area (Å²) in [6.45, 7) is 7.84. The van der Waals surface area contributed by atoms with Crippen molar-refractivity contribution in [2.75, 3.05) is 26.4 Å². The van der Waals surface area contributed by atoms with Gasteiger partial charge in [-0.2, -0.15) is 0 Å². The fourth-order valence-electron chi connectivity index (χ4n) is 3.25. The van der Waals surface area contributed by atoms with Crippen molar-refractivity contribution < 1.29 is 27.2 Å². The third-order valence-corrected chi connectivity index (χ3v) is 9.05. The summed E-state index contributed by atoms with van der Waals surface area (Å²) in [5, 5.41) is 3.28. The molecule has 0 aliphatic rings. The Morgan fingerprint density at radius 2 is 0.903 bits per heavy atom. The highest BCUT2D eigenvalue weighted by Crippen LogP contribution is 2.65. The highest BCUT2D eigenvalue weighted by atomic mass is 31.2. The van der Waals surface area contributed by atoms with Crippen molar-refractivity contribution in [1.29, 1.82) is 0 Å². The van der Waals surface area contributed by atoms with Gasteiger partial charge in [0.05, 0.1) is 26.4 Å². The molecule has 9 heteroatoms. The van der Waals surface area contributed by atoms with Crippen molar-refractivity contribution in [2.45, 2.75) is 39.3 Å². The van der Waals surface area contributed by atoms with Crippen molar-refractivity contribution in [3.8, 4) is 0 Å². The Morgan fingerprint density at radius 3 is 1.16 bits per heavy atom. The molecule has 0 fully saturated rings. The molecule has 2 rings (SSSR count). The third kappa shape index (κ3) is 6.84. The Kier molecular flexibility index (Phi) is 10.6. The maximum atomic E-state index is 13.8. The van der Waals surface area contributed by atoms with Crippen LogP contribution >= 0.6 is 15.2 Å². The predicted octanol–water partition coefficient (Wildman–Crippen LogP) is 6.51. The van der Waals surface area contributed by atoms with Crippen LogP contribution < -0.4 is 5.32 Å². The monoisotopic (exact) mass is 469 g/mol. The summed E-state index contributed by atoms with van der Waals surface area (Å²) in [6, 6.07) is 18.4. The minimum absolute atomic E-state index is 0.201. The molecule has 0 radical (unpaired) electrons. The number of hydrogen-bond acceptors (Lipinski definition) is 7. The van der Waals surface area contributed by atoms with Crippen molar-refractivity contribution in [3.05, 3.63) is 71.8 Å². The fourth-order valence-corrected chi connectivity index (χ4v) is 7.29. The number of rotatable bonds is 14. The minimum atomic E-state index is -3.68. The van der Waals surface area contributed by atoms with E-state index in [1.54, 1.807) is 27.7 Å². The van der Waals surface area contributed by atoms with Crippen LogP contribution in [0.15, 0.2) is 60.7 Å². The van der Waals surface area contributed by atoms with Gasteiger partial charge in [0.1, 0.15) is 11.6 Å². The third-order valence-electron chi connectivity index (χ3n) is 4.41. The molecule has 1 unspecified atom stereocenters. The molecule has 1 N–H and O–H groups in total. The summed E-state index contributed by atoms with van der Waals surface area (Å²) >= 11 is 0. The van der Waals surface area contributed by atoms with Crippen LogP contribution in [0.4, 0.5) is 0 Å². The second-order valence-electron chi connectivity index (χ2n) is 6.54. The van der Waals surface area contributed by atoms with Crippen molar-refractivity contribution >= 4 is 15.2 Å². The van der Waals surface area contributed by atoms with Crippen LogP contribution in [-0.4, -0.2) is 26.4 Å². The number of hydrogen-bond donors (Lipinski definition) is 1. The number of benzene rings is 2. The van der Waals surface area contributed by atoms with E-state index in [1.807, 2.05) is 60.7 Å². The second kappa shape index (κ2) is 12.7. The highest BCUT2D eigenvalue weighted by molar-refractivity contribution is 7.55. The molecule has 7 nitrogen and oxygen atoms in total. The molecular weight excluding hydrogens is 436 g/mol. The Morgan fingerprint density at radius 1 is 0.613 bits per heavy atom. The van der Waals surface area contributed by atoms with Crippen LogP contribution in [0.5, 0.6) is 0 Å². The van der Waals surface area contributed by atoms with E-state index in [2.05, 4.69) is 5.32 Å². The van der Waals surface area contributed by atoms with Gasteiger partial charge in [-0.15, -0.1) is 0 Å². The smallest absolute Gasteiger partial charge is 0.308 e. The van der Waals surface area contributed by atoms with Gasteiger partial charge in [-0.05, 0) is 38.8 Å². The van der Waals surface area contributed by atoms with Gasteiger partial charge < -0.3 is 18.1 Å². The van der Waals surface area contributed by atoms with E-state index in [9.17, 15) is 9.13 Å². The van der Waals surface area contributed by atoms with E-state index in [1.165, 1.54) is 0 Å². The molecule has 0 amide bonds. The molecule has 0 saturated heterocycles. The lowest BCUT2D eigenvalue weighted by Gasteiger charge is -2.34. The summed E-state index contributed by atoms with van der Waals surface area (Å²) in [6.07, 6.45) is 0. The summed E-state index contributed by atoms with van der Waals surface area (Å²) in [4.78, 5) is 0. The van der Waals surface area contributed by atoms with E-state index < -0.39 is 26.8 Å². The Hall–Kier alpha value is -1.30. The lowest BCUT2D eigenvalue weighted by molar-refractivity contribution is 0.196. The molecule has 0 aliphatic heterocycles. The first-order valence-corrected chi connectivity index (χ1v) is 13.8. The lowest BCUT2D eigenvalue weighted by atomic mass is 10.2. The summed E-state index contributed by atoms with van der Waals surface area (Å²) in [5.74, 6) is -1.76. The first-order chi connectivity index (χ1) is 14.9. The molecular formula is C22H33NO6P2. The maximum absolute atomic E-state index is 13.8. The van der Waals surface area contributed by atoms with Gasteiger partial charge in [-0.25, -0.2) is 0 Å². The van der Waals surface area contributed by atoms with Crippen LogP contribution in [-0.2, 0) is 27.2 Å². The zero-order chi connectivity index (χ0) is 22.7. The maximum Gasteiger partial charge on any atom is 0.351 e. The van der Waals surface area contributed by atoms with Crippen LogP contribution in [0.3, 0.4) is 0 Å².